The van der Waals surface area contributed by atoms with Crippen LogP contribution in [0, 0.1) is 0 Å². The summed E-state index contributed by atoms with van der Waals surface area (Å²) in [6, 6.07) is 1.90. The van der Waals surface area contributed by atoms with Gasteiger partial charge in [-0.05, 0) is 12.5 Å². The van der Waals surface area contributed by atoms with Crippen LogP contribution in [0.2, 0.25) is 0 Å². The third-order valence-corrected chi connectivity index (χ3v) is 4.75. The highest BCUT2D eigenvalue weighted by Gasteiger charge is 2.36. The van der Waals surface area contributed by atoms with Crippen LogP contribution in [0.4, 0.5) is 18.3 Å². The molecular weight excluding hydrogens is 329 g/mol. The molecule has 0 radical (unpaired) electrons. The van der Waals surface area contributed by atoms with E-state index in [1.54, 1.807) is 6.20 Å². The average molecular weight is 346 g/mol. The second-order valence-electron chi connectivity index (χ2n) is 5.34. The fourth-order valence-corrected chi connectivity index (χ4v) is 3.27. The highest BCUT2D eigenvalue weighted by atomic mass is 32.1. The molecule has 2 aromatic heterocycles. The molecule has 1 saturated heterocycles. The zero-order valence-corrected chi connectivity index (χ0v) is 13.2. The number of halogens is 3. The van der Waals surface area contributed by atoms with E-state index in [1.807, 2.05) is 21.8 Å². The van der Waals surface area contributed by atoms with Gasteiger partial charge in [-0.2, -0.15) is 18.3 Å². The number of alkyl halides is 3. The lowest BCUT2D eigenvalue weighted by Gasteiger charge is -2.34. The molecule has 0 aromatic carbocycles. The Kier molecular flexibility index (Phi) is 4.81. The Balaban J connectivity index is 1.44. The summed E-state index contributed by atoms with van der Waals surface area (Å²) in [4.78, 5) is 4.18. The molecule has 6 nitrogen and oxygen atoms in total. The van der Waals surface area contributed by atoms with Crippen molar-refractivity contribution < 1.29 is 13.2 Å². The highest BCUT2D eigenvalue weighted by Crippen LogP contribution is 2.34. The van der Waals surface area contributed by atoms with Crippen molar-refractivity contribution >= 4 is 16.5 Å². The van der Waals surface area contributed by atoms with Crippen molar-refractivity contribution in [3.63, 3.8) is 0 Å². The van der Waals surface area contributed by atoms with Crippen LogP contribution >= 0.6 is 11.3 Å². The van der Waals surface area contributed by atoms with Crippen LogP contribution in [0.25, 0.3) is 0 Å². The molecule has 0 bridgehead atoms. The van der Waals surface area contributed by atoms with Gasteiger partial charge in [-0.15, -0.1) is 10.2 Å². The van der Waals surface area contributed by atoms with Crippen LogP contribution in [-0.4, -0.2) is 57.6 Å². The zero-order chi connectivity index (χ0) is 16.3. The van der Waals surface area contributed by atoms with E-state index in [0.717, 1.165) is 32.6 Å². The Bertz CT molecular complexity index is 604. The Morgan fingerprint density at radius 3 is 2.48 bits per heavy atom. The van der Waals surface area contributed by atoms with E-state index in [4.69, 9.17) is 0 Å². The minimum Gasteiger partial charge on any atom is -0.344 e. The maximum Gasteiger partial charge on any atom is 0.445 e. The summed E-state index contributed by atoms with van der Waals surface area (Å²) in [7, 11) is 0. The predicted molar refractivity (Wildman–Crippen MR) is 80.4 cm³/mol. The molecule has 3 rings (SSSR count). The van der Waals surface area contributed by atoms with Gasteiger partial charge in [0.15, 0.2) is 0 Å². The normalized spacial score (nSPS) is 16.9. The predicted octanol–water partition coefficient (Wildman–Crippen LogP) is 1.97. The van der Waals surface area contributed by atoms with Crippen molar-refractivity contribution in [2.75, 3.05) is 37.6 Å². The zero-order valence-electron chi connectivity index (χ0n) is 12.4. The number of hydrogen-bond donors (Lipinski definition) is 0. The summed E-state index contributed by atoms with van der Waals surface area (Å²) < 4.78 is 39.6. The third kappa shape index (κ3) is 4.20. The lowest BCUT2D eigenvalue weighted by Crippen LogP contribution is -2.46. The maximum absolute atomic E-state index is 12.6. The Labute approximate surface area is 135 Å². The molecule has 0 spiro atoms. The molecule has 2 aromatic rings. The lowest BCUT2D eigenvalue weighted by molar-refractivity contribution is -0.138. The van der Waals surface area contributed by atoms with Gasteiger partial charge in [0.25, 0.3) is 0 Å². The number of rotatable bonds is 5. The largest absolute Gasteiger partial charge is 0.445 e. The van der Waals surface area contributed by atoms with Gasteiger partial charge in [-0.1, -0.05) is 11.3 Å². The van der Waals surface area contributed by atoms with Gasteiger partial charge in [-0.25, -0.2) is 0 Å². The number of aromatic nitrogens is 4. The first-order valence-corrected chi connectivity index (χ1v) is 8.19. The molecule has 10 heteroatoms. The molecule has 0 unspecified atom stereocenters. The molecule has 23 heavy (non-hydrogen) atoms. The molecule has 0 saturated carbocycles. The quantitative estimate of drug-likeness (QED) is 0.828. The average Bonchev–Trinajstić information content (AvgIpc) is 3.19. The van der Waals surface area contributed by atoms with Gasteiger partial charge >= 0.3 is 6.18 Å². The number of aryl methyl sites for hydroxylation is 1. The van der Waals surface area contributed by atoms with Gasteiger partial charge in [0.05, 0.1) is 0 Å². The van der Waals surface area contributed by atoms with E-state index in [0.29, 0.717) is 29.6 Å². The van der Waals surface area contributed by atoms with Crippen LogP contribution in [0.1, 0.15) is 11.4 Å². The molecule has 0 amide bonds. The van der Waals surface area contributed by atoms with Gasteiger partial charge in [-0.3, -0.25) is 9.58 Å². The van der Waals surface area contributed by atoms with Crippen molar-refractivity contribution in [1.29, 1.82) is 0 Å². The third-order valence-electron chi connectivity index (χ3n) is 3.72. The molecule has 1 aliphatic heterocycles. The first-order chi connectivity index (χ1) is 11.0. The van der Waals surface area contributed by atoms with E-state index in [-0.39, 0.29) is 0 Å². The van der Waals surface area contributed by atoms with Crippen LogP contribution in [0.5, 0.6) is 0 Å². The number of hydrogen-bond acceptors (Lipinski definition) is 6. The smallest absolute Gasteiger partial charge is 0.344 e. The highest BCUT2D eigenvalue weighted by molar-refractivity contribution is 7.15. The summed E-state index contributed by atoms with van der Waals surface area (Å²) in [6.07, 6.45) is 0.282. The van der Waals surface area contributed by atoms with Crippen molar-refractivity contribution in [1.82, 2.24) is 24.9 Å². The summed E-state index contributed by atoms with van der Waals surface area (Å²) in [5, 5.41) is 10.5. The lowest BCUT2D eigenvalue weighted by atomic mass is 10.3. The molecule has 0 atom stereocenters. The molecule has 0 aliphatic carbocycles. The fourth-order valence-electron chi connectivity index (χ4n) is 2.51. The van der Waals surface area contributed by atoms with E-state index in [2.05, 4.69) is 20.2 Å². The molecular formula is C13H17F3N6S. The molecule has 126 valence electrons. The Hall–Kier alpha value is -1.68. The van der Waals surface area contributed by atoms with Crippen LogP contribution in [0.15, 0.2) is 18.5 Å². The standard InChI is InChI=1S/C13H17F3N6S/c14-13(15,16)11-18-19-12(23-11)21-9-7-20(8-10-21)4-2-6-22-5-1-3-17-22/h1,3,5H,2,4,6-10H2. The minimum absolute atomic E-state index is 0.355. The minimum atomic E-state index is -4.41. The first-order valence-electron chi connectivity index (χ1n) is 7.38. The van der Waals surface area contributed by atoms with Crippen LogP contribution < -0.4 is 4.90 Å². The van der Waals surface area contributed by atoms with E-state index < -0.39 is 11.2 Å². The number of anilines is 1. The van der Waals surface area contributed by atoms with Gasteiger partial charge in [0, 0.05) is 51.7 Å². The molecule has 0 N–H and O–H groups in total. The van der Waals surface area contributed by atoms with Crippen molar-refractivity contribution in [3.8, 4) is 0 Å². The van der Waals surface area contributed by atoms with Crippen LogP contribution in [0.3, 0.4) is 0 Å². The van der Waals surface area contributed by atoms with Gasteiger partial charge < -0.3 is 4.90 Å². The molecule has 1 aliphatic rings. The second-order valence-corrected chi connectivity index (χ2v) is 6.29. The molecule has 1 fully saturated rings. The number of nitrogens with zero attached hydrogens (tertiary/aromatic N) is 6. The summed E-state index contributed by atoms with van der Waals surface area (Å²) in [5.41, 5.74) is 0. The van der Waals surface area contributed by atoms with E-state index >= 15 is 0 Å². The van der Waals surface area contributed by atoms with E-state index in [1.165, 1.54) is 0 Å². The Morgan fingerprint density at radius 1 is 1.09 bits per heavy atom. The Morgan fingerprint density at radius 2 is 1.87 bits per heavy atom. The summed E-state index contributed by atoms with van der Waals surface area (Å²) >= 11 is 0.612. The second kappa shape index (κ2) is 6.83. The topological polar surface area (TPSA) is 50.1 Å². The van der Waals surface area contributed by atoms with Crippen molar-refractivity contribution in [3.05, 3.63) is 23.5 Å². The SMILES string of the molecule is FC(F)(F)c1nnc(N2CCN(CCCn3cccn3)CC2)s1. The van der Waals surface area contributed by atoms with Gasteiger partial charge in [0.1, 0.15) is 0 Å². The monoisotopic (exact) mass is 346 g/mol. The fraction of sp³-hybridized carbons (Fsp3) is 0.615. The maximum atomic E-state index is 12.6. The van der Waals surface area contributed by atoms with Crippen molar-refractivity contribution in [2.45, 2.75) is 19.1 Å². The van der Waals surface area contributed by atoms with Crippen molar-refractivity contribution in [2.24, 2.45) is 0 Å². The van der Waals surface area contributed by atoms with Crippen LogP contribution in [-0.2, 0) is 12.7 Å². The first kappa shape index (κ1) is 16.2. The summed E-state index contributed by atoms with van der Waals surface area (Å²) in [6.45, 7) is 4.82. The van der Waals surface area contributed by atoms with Gasteiger partial charge in [0.2, 0.25) is 10.1 Å². The summed E-state index contributed by atoms with van der Waals surface area (Å²) in [5.74, 6) is 0. The molecule has 3 heterocycles. The van der Waals surface area contributed by atoms with E-state index in [9.17, 15) is 13.2 Å². The number of piperazine rings is 1.